The first-order valence-corrected chi connectivity index (χ1v) is 8.61. The number of rotatable bonds is 7. The van der Waals surface area contributed by atoms with Crippen LogP contribution >= 0.6 is 0 Å². The number of anilines is 1. The van der Waals surface area contributed by atoms with Gasteiger partial charge in [-0.15, -0.1) is 0 Å². The van der Waals surface area contributed by atoms with Crippen LogP contribution in [0.4, 0.5) is 10.5 Å². The maximum Gasteiger partial charge on any atom is 0.407 e. The molecule has 0 saturated carbocycles. The van der Waals surface area contributed by atoms with E-state index < -0.39 is 17.7 Å². The minimum absolute atomic E-state index is 0.104. The first-order valence-electron chi connectivity index (χ1n) is 8.61. The molecule has 25 heavy (non-hydrogen) atoms. The van der Waals surface area contributed by atoms with Crippen molar-refractivity contribution in [2.24, 2.45) is 5.92 Å². The minimum atomic E-state index is -0.517. The maximum absolute atomic E-state index is 12.0. The lowest BCUT2D eigenvalue weighted by atomic mass is 10.0. The van der Waals surface area contributed by atoms with Crippen LogP contribution in [-0.2, 0) is 20.8 Å². The molecular formula is C19H30N2O4. The molecule has 1 aromatic rings. The fourth-order valence-corrected chi connectivity index (χ4v) is 2.12. The Morgan fingerprint density at radius 2 is 1.72 bits per heavy atom. The van der Waals surface area contributed by atoms with Crippen molar-refractivity contribution in [3.8, 4) is 0 Å². The molecule has 0 aliphatic rings. The molecule has 1 rings (SSSR count). The number of esters is 1. The van der Waals surface area contributed by atoms with Crippen molar-refractivity contribution in [3.63, 3.8) is 0 Å². The summed E-state index contributed by atoms with van der Waals surface area (Å²) in [6, 6.07) is 7.14. The molecule has 1 atom stereocenters. The lowest BCUT2D eigenvalue weighted by Gasteiger charge is -2.22. The number of benzene rings is 1. The van der Waals surface area contributed by atoms with Crippen molar-refractivity contribution in [2.75, 3.05) is 11.9 Å². The van der Waals surface area contributed by atoms with E-state index in [9.17, 15) is 9.59 Å². The van der Waals surface area contributed by atoms with E-state index in [-0.39, 0.29) is 11.9 Å². The largest absolute Gasteiger partial charge is 0.464 e. The highest BCUT2D eigenvalue weighted by molar-refractivity contribution is 5.79. The number of carbonyl (C=O) groups is 2. The molecule has 0 heterocycles. The van der Waals surface area contributed by atoms with Gasteiger partial charge in [0.25, 0.3) is 0 Å². The van der Waals surface area contributed by atoms with Crippen LogP contribution in [0.3, 0.4) is 0 Å². The average Bonchev–Trinajstić information content (AvgIpc) is 2.50. The monoisotopic (exact) mass is 350 g/mol. The molecule has 6 nitrogen and oxygen atoms in total. The molecular weight excluding hydrogens is 320 g/mol. The fraction of sp³-hybridized carbons (Fsp3) is 0.579. The molecule has 1 amide bonds. The number of nitrogens with one attached hydrogen (secondary N) is 2. The summed E-state index contributed by atoms with van der Waals surface area (Å²) in [5.41, 5.74) is 1.25. The van der Waals surface area contributed by atoms with Gasteiger partial charge in [0.05, 0.1) is 6.61 Å². The summed E-state index contributed by atoms with van der Waals surface area (Å²) in [5.74, 6) is -0.152. The Balaban J connectivity index is 2.60. The van der Waals surface area contributed by atoms with Gasteiger partial charge in [0.1, 0.15) is 11.6 Å². The Labute approximate surface area is 150 Å². The van der Waals surface area contributed by atoms with Gasteiger partial charge < -0.3 is 20.1 Å². The van der Waals surface area contributed by atoms with Crippen molar-refractivity contribution in [2.45, 2.75) is 59.7 Å². The smallest absolute Gasteiger partial charge is 0.407 e. The number of amides is 1. The number of ether oxygens (including phenoxy) is 2. The zero-order chi connectivity index (χ0) is 19.0. The van der Waals surface area contributed by atoms with E-state index in [0.717, 1.165) is 11.3 Å². The highest BCUT2D eigenvalue weighted by Crippen LogP contribution is 2.15. The van der Waals surface area contributed by atoms with Gasteiger partial charge in [0, 0.05) is 12.2 Å². The Morgan fingerprint density at radius 1 is 1.12 bits per heavy atom. The van der Waals surface area contributed by atoms with E-state index in [0.29, 0.717) is 13.2 Å². The fourth-order valence-electron chi connectivity index (χ4n) is 2.12. The third kappa shape index (κ3) is 7.92. The van der Waals surface area contributed by atoms with E-state index in [1.807, 2.05) is 58.9 Å². The van der Waals surface area contributed by atoms with Crippen LogP contribution in [0.1, 0.15) is 47.1 Å². The first-order chi connectivity index (χ1) is 11.6. The number of hydrogen-bond acceptors (Lipinski definition) is 5. The van der Waals surface area contributed by atoms with Crippen LogP contribution in [-0.4, -0.2) is 30.3 Å². The summed E-state index contributed by atoms with van der Waals surface area (Å²) in [4.78, 5) is 23.7. The summed E-state index contributed by atoms with van der Waals surface area (Å²) in [6.45, 7) is 11.9. The average molecular weight is 350 g/mol. The normalized spacial score (nSPS) is 12.4. The van der Waals surface area contributed by atoms with Crippen molar-refractivity contribution in [1.29, 1.82) is 0 Å². The summed E-state index contributed by atoms with van der Waals surface area (Å²) in [6.07, 6.45) is -0.447. The Kier molecular flexibility index (Phi) is 7.74. The molecule has 0 radical (unpaired) electrons. The van der Waals surface area contributed by atoms with E-state index >= 15 is 0 Å². The molecule has 0 aromatic heterocycles. The van der Waals surface area contributed by atoms with E-state index in [4.69, 9.17) is 9.47 Å². The summed E-state index contributed by atoms with van der Waals surface area (Å²) >= 11 is 0. The van der Waals surface area contributed by atoms with Gasteiger partial charge in [-0.2, -0.15) is 0 Å². The minimum Gasteiger partial charge on any atom is -0.464 e. The molecule has 140 valence electrons. The van der Waals surface area contributed by atoms with Gasteiger partial charge in [-0.25, -0.2) is 9.59 Å². The second-order valence-electron chi connectivity index (χ2n) is 7.17. The molecule has 6 heteroatoms. The molecule has 1 aromatic carbocycles. The SMILES string of the molecule is CCOC(=O)C(Nc1ccc(CNC(=O)OC(C)(C)C)cc1)C(C)C. The van der Waals surface area contributed by atoms with Crippen LogP contribution in [0.5, 0.6) is 0 Å². The van der Waals surface area contributed by atoms with E-state index in [2.05, 4.69) is 10.6 Å². The molecule has 0 fully saturated rings. The lowest BCUT2D eigenvalue weighted by molar-refractivity contribution is -0.145. The summed E-state index contributed by atoms with van der Waals surface area (Å²) in [7, 11) is 0. The van der Waals surface area contributed by atoms with Crippen molar-refractivity contribution >= 4 is 17.7 Å². The predicted molar refractivity (Wildman–Crippen MR) is 98.4 cm³/mol. The Morgan fingerprint density at radius 3 is 2.20 bits per heavy atom. The lowest BCUT2D eigenvalue weighted by Crippen LogP contribution is -2.36. The third-order valence-corrected chi connectivity index (χ3v) is 3.32. The van der Waals surface area contributed by atoms with Gasteiger partial charge in [-0.1, -0.05) is 26.0 Å². The zero-order valence-electron chi connectivity index (χ0n) is 16.0. The Bertz CT molecular complexity index is 562. The molecule has 2 N–H and O–H groups in total. The first kappa shape index (κ1) is 20.8. The van der Waals surface area contributed by atoms with Crippen molar-refractivity contribution in [3.05, 3.63) is 29.8 Å². The van der Waals surface area contributed by atoms with Gasteiger partial charge in [-0.05, 0) is 51.3 Å². The zero-order valence-corrected chi connectivity index (χ0v) is 16.0. The highest BCUT2D eigenvalue weighted by Gasteiger charge is 2.23. The molecule has 0 aliphatic carbocycles. The molecule has 0 bridgehead atoms. The molecule has 0 spiro atoms. The Hall–Kier alpha value is -2.24. The van der Waals surface area contributed by atoms with Gasteiger partial charge >= 0.3 is 12.1 Å². The van der Waals surface area contributed by atoms with Crippen LogP contribution in [0.25, 0.3) is 0 Å². The summed E-state index contributed by atoms with van der Waals surface area (Å²) < 4.78 is 10.3. The van der Waals surface area contributed by atoms with Gasteiger partial charge in [0.2, 0.25) is 0 Å². The third-order valence-electron chi connectivity index (χ3n) is 3.32. The van der Waals surface area contributed by atoms with Gasteiger partial charge in [-0.3, -0.25) is 0 Å². The summed E-state index contributed by atoms with van der Waals surface area (Å²) in [5, 5.41) is 5.91. The van der Waals surface area contributed by atoms with Crippen molar-refractivity contribution in [1.82, 2.24) is 5.32 Å². The second-order valence-corrected chi connectivity index (χ2v) is 7.17. The van der Waals surface area contributed by atoms with Gasteiger partial charge in [0.15, 0.2) is 0 Å². The van der Waals surface area contributed by atoms with E-state index in [1.165, 1.54) is 0 Å². The van der Waals surface area contributed by atoms with E-state index in [1.54, 1.807) is 6.92 Å². The highest BCUT2D eigenvalue weighted by atomic mass is 16.6. The van der Waals surface area contributed by atoms with Crippen LogP contribution in [0.15, 0.2) is 24.3 Å². The number of carbonyl (C=O) groups excluding carboxylic acids is 2. The quantitative estimate of drug-likeness (QED) is 0.733. The number of alkyl carbamates (subject to hydrolysis) is 1. The second kappa shape index (κ2) is 9.30. The number of hydrogen-bond donors (Lipinski definition) is 2. The maximum atomic E-state index is 12.0. The standard InChI is InChI=1S/C19H30N2O4/c1-7-24-17(22)16(13(2)3)21-15-10-8-14(9-11-15)12-20-18(23)25-19(4,5)6/h8-11,13,16,21H,7,12H2,1-6H3,(H,20,23). The predicted octanol–water partition coefficient (Wildman–Crippen LogP) is 3.71. The van der Waals surface area contributed by atoms with Crippen LogP contribution in [0, 0.1) is 5.92 Å². The molecule has 0 aliphatic heterocycles. The van der Waals surface area contributed by atoms with Crippen LogP contribution < -0.4 is 10.6 Å². The van der Waals surface area contributed by atoms with Crippen molar-refractivity contribution < 1.29 is 19.1 Å². The molecule has 0 saturated heterocycles. The molecule has 1 unspecified atom stereocenters. The topological polar surface area (TPSA) is 76.7 Å². The van der Waals surface area contributed by atoms with Crippen LogP contribution in [0.2, 0.25) is 0 Å².